The van der Waals surface area contributed by atoms with Crippen LogP contribution in [0.25, 0.3) is 0 Å². The molecule has 0 aliphatic heterocycles. The van der Waals surface area contributed by atoms with Gasteiger partial charge in [0.1, 0.15) is 0 Å². The summed E-state index contributed by atoms with van der Waals surface area (Å²) in [4.78, 5) is 7.20. The molecule has 0 atom stereocenters. The van der Waals surface area contributed by atoms with Gasteiger partial charge in [-0.25, -0.2) is 4.99 Å². The van der Waals surface area contributed by atoms with Gasteiger partial charge in [0.2, 0.25) is 0 Å². The SMILES string of the molecule is CCNC(=NCc1ccc(C)s1)NCCOCc1ccccc1.I. The lowest BCUT2D eigenvalue weighted by molar-refractivity contribution is 0.125. The van der Waals surface area contributed by atoms with Crippen molar-refractivity contribution < 1.29 is 4.74 Å². The number of guanidine groups is 1. The van der Waals surface area contributed by atoms with E-state index >= 15 is 0 Å². The molecule has 4 nitrogen and oxygen atoms in total. The number of hydrogen-bond acceptors (Lipinski definition) is 3. The van der Waals surface area contributed by atoms with Crippen molar-refractivity contribution in [3.05, 3.63) is 57.8 Å². The fourth-order valence-corrected chi connectivity index (χ4v) is 2.89. The second kappa shape index (κ2) is 12.3. The monoisotopic (exact) mass is 459 g/mol. The van der Waals surface area contributed by atoms with Crippen LogP contribution in [0.3, 0.4) is 0 Å². The molecule has 0 saturated carbocycles. The van der Waals surface area contributed by atoms with Gasteiger partial charge in [-0.3, -0.25) is 0 Å². The first-order valence-corrected chi connectivity index (χ1v) is 8.78. The van der Waals surface area contributed by atoms with E-state index in [9.17, 15) is 0 Å². The molecule has 0 spiro atoms. The Bertz CT molecular complexity index is 601. The minimum absolute atomic E-state index is 0. The molecule has 1 aromatic carbocycles. The second-order valence-corrected chi connectivity index (χ2v) is 6.54. The fraction of sp³-hybridized carbons (Fsp3) is 0.389. The highest BCUT2D eigenvalue weighted by atomic mass is 127. The molecule has 132 valence electrons. The molecule has 0 aliphatic rings. The third kappa shape index (κ3) is 8.12. The van der Waals surface area contributed by atoms with Crippen LogP contribution in [0.4, 0.5) is 0 Å². The van der Waals surface area contributed by atoms with E-state index in [1.165, 1.54) is 15.3 Å². The Morgan fingerprint density at radius 1 is 1.12 bits per heavy atom. The molecule has 24 heavy (non-hydrogen) atoms. The molecule has 0 aliphatic carbocycles. The summed E-state index contributed by atoms with van der Waals surface area (Å²) in [6, 6.07) is 14.5. The maximum atomic E-state index is 5.67. The lowest BCUT2D eigenvalue weighted by Gasteiger charge is -2.11. The summed E-state index contributed by atoms with van der Waals surface area (Å²) in [5.74, 6) is 0.835. The van der Waals surface area contributed by atoms with Crippen LogP contribution in [0.1, 0.15) is 22.2 Å². The molecule has 1 aromatic heterocycles. The lowest BCUT2D eigenvalue weighted by atomic mass is 10.2. The zero-order chi connectivity index (χ0) is 16.3. The maximum Gasteiger partial charge on any atom is 0.191 e. The fourth-order valence-electron chi connectivity index (χ4n) is 2.07. The van der Waals surface area contributed by atoms with Crippen molar-refractivity contribution in [2.75, 3.05) is 19.7 Å². The van der Waals surface area contributed by atoms with Crippen molar-refractivity contribution in [3.8, 4) is 0 Å². The number of hydrogen-bond donors (Lipinski definition) is 2. The topological polar surface area (TPSA) is 45.7 Å². The van der Waals surface area contributed by atoms with Gasteiger partial charge >= 0.3 is 0 Å². The van der Waals surface area contributed by atoms with E-state index < -0.39 is 0 Å². The van der Waals surface area contributed by atoms with E-state index in [0.29, 0.717) is 19.8 Å². The van der Waals surface area contributed by atoms with Gasteiger partial charge in [0.05, 0.1) is 19.8 Å². The van der Waals surface area contributed by atoms with Crippen LogP contribution < -0.4 is 10.6 Å². The number of rotatable bonds is 8. The molecule has 1 heterocycles. The number of ether oxygens (including phenoxy) is 1. The van der Waals surface area contributed by atoms with E-state index in [2.05, 4.69) is 53.7 Å². The van der Waals surface area contributed by atoms with Gasteiger partial charge < -0.3 is 15.4 Å². The number of benzene rings is 1. The number of aryl methyl sites for hydroxylation is 1. The predicted molar refractivity (Wildman–Crippen MR) is 113 cm³/mol. The van der Waals surface area contributed by atoms with E-state index in [-0.39, 0.29) is 24.0 Å². The highest BCUT2D eigenvalue weighted by molar-refractivity contribution is 14.0. The molecule has 2 rings (SSSR count). The average molecular weight is 459 g/mol. The van der Waals surface area contributed by atoms with E-state index in [1.54, 1.807) is 11.3 Å². The first kappa shape index (κ1) is 20.9. The molecule has 0 amide bonds. The normalized spacial score (nSPS) is 11.0. The minimum Gasteiger partial charge on any atom is -0.375 e. The molecular weight excluding hydrogens is 433 g/mol. The van der Waals surface area contributed by atoms with Crippen LogP contribution >= 0.6 is 35.3 Å². The number of nitrogens with one attached hydrogen (secondary N) is 2. The van der Waals surface area contributed by atoms with Crippen LogP contribution in [-0.2, 0) is 17.9 Å². The van der Waals surface area contributed by atoms with Crippen LogP contribution in [-0.4, -0.2) is 25.7 Å². The Balaban J connectivity index is 0.00000288. The largest absolute Gasteiger partial charge is 0.375 e. The van der Waals surface area contributed by atoms with Gasteiger partial charge in [0.25, 0.3) is 0 Å². The summed E-state index contributed by atoms with van der Waals surface area (Å²) < 4.78 is 5.67. The van der Waals surface area contributed by atoms with Crippen LogP contribution in [0, 0.1) is 6.92 Å². The number of aliphatic imine (C=N–C) groups is 1. The van der Waals surface area contributed by atoms with Gasteiger partial charge in [0.15, 0.2) is 5.96 Å². The molecule has 2 N–H and O–H groups in total. The van der Waals surface area contributed by atoms with Crippen molar-refractivity contribution in [2.45, 2.75) is 27.0 Å². The Morgan fingerprint density at radius 2 is 1.92 bits per heavy atom. The van der Waals surface area contributed by atoms with Crippen molar-refractivity contribution >= 4 is 41.3 Å². The molecule has 0 fully saturated rings. The highest BCUT2D eigenvalue weighted by Gasteiger charge is 1.99. The molecular formula is C18H26IN3OS. The van der Waals surface area contributed by atoms with E-state index in [1.807, 2.05) is 18.2 Å². The van der Waals surface area contributed by atoms with Crippen LogP contribution in [0.15, 0.2) is 47.5 Å². The maximum absolute atomic E-state index is 5.67. The predicted octanol–water partition coefficient (Wildman–Crippen LogP) is 3.95. The van der Waals surface area contributed by atoms with Crippen molar-refractivity contribution in [3.63, 3.8) is 0 Å². The standard InChI is InChI=1S/C18H25N3OS.HI/c1-3-19-18(21-13-17-10-9-15(2)23-17)20-11-12-22-14-16-7-5-4-6-8-16;/h4-10H,3,11-14H2,1-2H3,(H2,19,20,21);1H. The zero-order valence-corrected chi connectivity index (χ0v) is 17.4. The van der Waals surface area contributed by atoms with Crippen molar-refractivity contribution in [1.82, 2.24) is 10.6 Å². The first-order valence-electron chi connectivity index (χ1n) is 7.97. The first-order chi connectivity index (χ1) is 11.3. The third-order valence-corrected chi connectivity index (χ3v) is 4.17. The minimum atomic E-state index is 0. The molecule has 0 saturated heterocycles. The average Bonchev–Trinajstić information content (AvgIpc) is 2.98. The molecule has 6 heteroatoms. The summed E-state index contributed by atoms with van der Waals surface area (Å²) in [5, 5.41) is 6.56. The molecule has 0 bridgehead atoms. The van der Waals surface area contributed by atoms with E-state index in [4.69, 9.17) is 4.74 Å². The Hall–Kier alpha value is -1.12. The Kier molecular flexibility index (Phi) is 10.7. The second-order valence-electron chi connectivity index (χ2n) is 5.17. The summed E-state index contributed by atoms with van der Waals surface area (Å²) in [5.41, 5.74) is 1.20. The quantitative estimate of drug-likeness (QED) is 0.272. The zero-order valence-electron chi connectivity index (χ0n) is 14.2. The lowest BCUT2D eigenvalue weighted by Crippen LogP contribution is -2.38. The summed E-state index contributed by atoms with van der Waals surface area (Å²) >= 11 is 1.79. The summed E-state index contributed by atoms with van der Waals surface area (Å²) in [6.07, 6.45) is 0. The summed E-state index contributed by atoms with van der Waals surface area (Å²) in [6.45, 7) is 7.77. The van der Waals surface area contributed by atoms with Crippen LogP contribution in [0.5, 0.6) is 0 Å². The highest BCUT2D eigenvalue weighted by Crippen LogP contribution is 2.15. The smallest absolute Gasteiger partial charge is 0.191 e. The van der Waals surface area contributed by atoms with Crippen molar-refractivity contribution in [2.24, 2.45) is 4.99 Å². The number of nitrogens with zero attached hydrogens (tertiary/aromatic N) is 1. The molecule has 0 radical (unpaired) electrons. The van der Waals surface area contributed by atoms with Crippen molar-refractivity contribution in [1.29, 1.82) is 0 Å². The Labute approximate surface area is 165 Å². The molecule has 2 aromatic rings. The Morgan fingerprint density at radius 3 is 2.58 bits per heavy atom. The van der Waals surface area contributed by atoms with Gasteiger partial charge in [-0.1, -0.05) is 30.3 Å². The summed E-state index contributed by atoms with van der Waals surface area (Å²) in [7, 11) is 0. The van der Waals surface area contributed by atoms with Gasteiger partial charge in [-0.2, -0.15) is 0 Å². The van der Waals surface area contributed by atoms with E-state index in [0.717, 1.165) is 19.0 Å². The third-order valence-electron chi connectivity index (χ3n) is 3.18. The number of thiophene rings is 1. The molecule has 0 unspecified atom stereocenters. The van der Waals surface area contributed by atoms with Gasteiger partial charge in [-0.05, 0) is 31.5 Å². The van der Waals surface area contributed by atoms with Gasteiger partial charge in [-0.15, -0.1) is 35.3 Å². The van der Waals surface area contributed by atoms with Crippen LogP contribution in [0.2, 0.25) is 0 Å². The van der Waals surface area contributed by atoms with Gasteiger partial charge in [0, 0.05) is 22.8 Å². The number of halogens is 1.